The fourth-order valence-corrected chi connectivity index (χ4v) is 3.07. The van der Waals surface area contributed by atoms with Crippen molar-refractivity contribution in [2.75, 3.05) is 6.61 Å². The number of ether oxygens (including phenoxy) is 1. The molecule has 7 heteroatoms. The third-order valence-corrected chi connectivity index (χ3v) is 5.12. The topological polar surface area (TPSA) is 58.6 Å². The molecule has 30 heavy (non-hydrogen) atoms. The number of rotatable bonds is 7. The van der Waals surface area contributed by atoms with Gasteiger partial charge in [0.05, 0.1) is 10.0 Å². The zero-order chi connectivity index (χ0) is 22.5. The van der Waals surface area contributed by atoms with E-state index in [2.05, 4.69) is 5.32 Å². The summed E-state index contributed by atoms with van der Waals surface area (Å²) in [5.74, 6) is 0.0414. The van der Waals surface area contributed by atoms with Crippen molar-refractivity contribution in [3.63, 3.8) is 0 Å². The van der Waals surface area contributed by atoms with Crippen molar-refractivity contribution >= 4 is 35.0 Å². The van der Waals surface area contributed by atoms with Crippen LogP contribution in [-0.4, -0.2) is 34.9 Å². The van der Waals surface area contributed by atoms with Crippen molar-refractivity contribution in [3.05, 3.63) is 63.6 Å². The first kappa shape index (κ1) is 24.0. The van der Waals surface area contributed by atoms with E-state index in [1.54, 1.807) is 25.1 Å². The zero-order valence-corrected chi connectivity index (χ0v) is 19.5. The van der Waals surface area contributed by atoms with Crippen molar-refractivity contribution < 1.29 is 14.3 Å². The van der Waals surface area contributed by atoms with Gasteiger partial charge in [-0.05, 0) is 64.4 Å². The van der Waals surface area contributed by atoms with Crippen LogP contribution >= 0.6 is 23.2 Å². The minimum Gasteiger partial charge on any atom is -0.484 e. The first-order chi connectivity index (χ1) is 14.0. The van der Waals surface area contributed by atoms with Crippen LogP contribution in [0.4, 0.5) is 0 Å². The van der Waals surface area contributed by atoms with E-state index in [1.807, 2.05) is 52.0 Å². The van der Waals surface area contributed by atoms with E-state index >= 15 is 0 Å². The number of hydrogen-bond acceptors (Lipinski definition) is 3. The van der Waals surface area contributed by atoms with Crippen molar-refractivity contribution in [2.45, 2.75) is 52.7 Å². The van der Waals surface area contributed by atoms with Gasteiger partial charge in [0.1, 0.15) is 11.8 Å². The van der Waals surface area contributed by atoms with Gasteiger partial charge in [-0.15, -0.1) is 0 Å². The van der Waals surface area contributed by atoms with Crippen LogP contribution in [0.25, 0.3) is 0 Å². The van der Waals surface area contributed by atoms with Crippen molar-refractivity contribution in [1.29, 1.82) is 0 Å². The van der Waals surface area contributed by atoms with Crippen LogP contribution in [0.3, 0.4) is 0 Å². The highest BCUT2D eigenvalue weighted by Crippen LogP contribution is 2.24. The summed E-state index contributed by atoms with van der Waals surface area (Å²) in [6, 6.07) is 11.9. The second-order valence-electron chi connectivity index (χ2n) is 8.29. The van der Waals surface area contributed by atoms with E-state index in [0.717, 1.165) is 11.1 Å². The highest BCUT2D eigenvalue weighted by atomic mass is 35.5. The molecule has 0 aliphatic rings. The molecule has 1 unspecified atom stereocenters. The van der Waals surface area contributed by atoms with Crippen LogP contribution in [0.5, 0.6) is 5.75 Å². The van der Waals surface area contributed by atoms with Crippen molar-refractivity contribution in [1.82, 2.24) is 10.2 Å². The molecule has 0 radical (unpaired) electrons. The molecule has 2 rings (SSSR count). The fourth-order valence-electron chi connectivity index (χ4n) is 2.75. The van der Waals surface area contributed by atoms with Gasteiger partial charge in [-0.25, -0.2) is 0 Å². The largest absolute Gasteiger partial charge is 0.484 e. The number of aryl methyl sites for hydroxylation is 1. The second-order valence-corrected chi connectivity index (χ2v) is 9.10. The first-order valence-corrected chi connectivity index (χ1v) is 10.5. The molecular formula is C23H28Cl2N2O3. The van der Waals surface area contributed by atoms with Gasteiger partial charge in [0, 0.05) is 12.1 Å². The molecule has 0 saturated carbocycles. The van der Waals surface area contributed by atoms with Crippen LogP contribution in [0, 0.1) is 6.92 Å². The van der Waals surface area contributed by atoms with Gasteiger partial charge in [-0.1, -0.05) is 47.0 Å². The van der Waals surface area contributed by atoms with Crippen molar-refractivity contribution in [3.8, 4) is 5.75 Å². The van der Waals surface area contributed by atoms with Gasteiger partial charge in [-0.2, -0.15) is 0 Å². The summed E-state index contributed by atoms with van der Waals surface area (Å²) in [5.41, 5.74) is 1.45. The van der Waals surface area contributed by atoms with E-state index < -0.39 is 11.6 Å². The number of hydrogen-bond donors (Lipinski definition) is 1. The number of halogens is 2. The summed E-state index contributed by atoms with van der Waals surface area (Å²) >= 11 is 12.1. The summed E-state index contributed by atoms with van der Waals surface area (Å²) in [6.45, 7) is 9.37. The third kappa shape index (κ3) is 7.22. The molecule has 2 amide bonds. The van der Waals surface area contributed by atoms with E-state index in [0.29, 0.717) is 15.8 Å². The lowest BCUT2D eigenvalue weighted by atomic mass is 10.1. The normalized spacial score (nSPS) is 12.2. The highest BCUT2D eigenvalue weighted by Gasteiger charge is 2.28. The Kier molecular flexibility index (Phi) is 8.16. The maximum atomic E-state index is 13.0. The Morgan fingerprint density at radius 2 is 1.70 bits per heavy atom. The zero-order valence-electron chi connectivity index (χ0n) is 18.0. The molecule has 1 atom stereocenters. The maximum Gasteiger partial charge on any atom is 0.261 e. The van der Waals surface area contributed by atoms with E-state index in [9.17, 15) is 9.59 Å². The molecule has 2 aromatic carbocycles. The van der Waals surface area contributed by atoms with Crippen LogP contribution in [0.2, 0.25) is 10.0 Å². The number of nitrogens with one attached hydrogen (secondary N) is 1. The lowest BCUT2D eigenvalue weighted by molar-refractivity contribution is -0.142. The standard InChI is InChI=1S/C23H28Cl2N2O3/c1-15-6-9-18(10-7-15)30-14-21(28)27(16(2)22(29)26-23(3,4)5)13-17-8-11-19(24)20(25)12-17/h6-12,16H,13-14H2,1-5H3,(H,26,29). The summed E-state index contributed by atoms with van der Waals surface area (Å²) in [4.78, 5) is 27.2. The molecule has 5 nitrogen and oxygen atoms in total. The lowest BCUT2D eigenvalue weighted by Gasteiger charge is -2.31. The molecule has 1 N–H and O–H groups in total. The quantitative estimate of drug-likeness (QED) is 0.644. The average molecular weight is 451 g/mol. The molecule has 0 fully saturated rings. The minimum absolute atomic E-state index is 0.183. The van der Waals surface area contributed by atoms with E-state index in [-0.39, 0.29) is 25.0 Å². The number of amides is 2. The molecule has 0 aliphatic heterocycles. The van der Waals surface area contributed by atoms with Crippen LogP contribution in [0.1, 0.15) is 38.8 Å². The molecule has 0 spiro atoms. The Labute approximate surface area is 188 Å². The van der Waals surface area contributed by atoms with Crippen LogP contribution in [-0.2, 0) is 16.1 Å². The average Bonchev–Trinajstić information content (AvgIpc) is 2.66. The molecule has 162 valence electrons. The maximum absolute atomic E-state index is 13.0. The molecule has 0 bridgehead atoms. The van der Waals surface area contributed by atoms with E-state index in [1.165, 1.54) is 4.90 Å². The second kappa shape index (κ2) is 10.2. The Morgan fingerprint density at radius 3 is 2.27 bits per heavy atom. The Hall–Kier alpha value is -2.24. The minimum atomic E-state index is -0.701. The van der Waals surface area contributed by atoms with Crippen LogP contribution < -0.4 is 10.1 Å². The summed E-state index contributed by atoms with van der Waals surface area (Å²) in [7, 11) is 0. The van der Waals surface area contributed by atoms with Gasteiger partial charge in [0.25, 0.3) is 5.91 Å². The summed E-state index contributed by atoms with van der Waals surface area (Å²) in [6.07, 6.45) is 0. The third-order valence-electron chi connectivity index (χ3n) is 4.39. The van der Waals surface area contributed by atoms with Gasteiger partial charge < -0.3 is 15.0 Å². The molecule has 0 saturated heterocycles. The van der Waals surface area contributed by atoms with Gasteiger partial charge in [0.15, 0.2) is 6.61 Å². The smallest absolute Gasteiger partial charge is 0.261 e. The molecular weight excluding hydrogens is 423 g/mol. The van der Waals surface area contributed by atoms with E-state index in [4.69, 9.17) is 27.9 Å². The Bertz CT molecular complexity index is 892. The SMILES string of the molecule is Cc1ccc(OCC(=O)N(Cc2ccc(Cl)c(Cl)c2)C(C)C(=O)NC(C)(C)C)cc1. The number of carbonyl (C=O) groups is 2. The monoisotopic (exact) mass is 450 g/mol. The molecule has 0 aliphatic carbocycles. The molecule has 2 aromatic rings. The first-order valence-electron chi connectivity index (χ1n) is 9.71. The number of nitrogens with zero attached hydrogens (tertiary/aromatic N) is 1. The lowest BCUT2D eigenvalue weighted by Crippen LogP contribution is -2.53. The Morgan fingerprint density at radius 1 is 1.07 bits per heavy atom. The summed E-state index contributed by atoms with van der Waals surface area (Å²) in [5, 5.41) is 3.74. The van der Waals surface area contributed by atoms with Crippen LogP contribution in [0.15, 0.2) is 42.5 Å². The van der Waals surface area contributed by atoms with Crippen molar-refractivity contribution in [2.24, 2.45) is 0 Å². The summed E-state index contributed by atoms with van der Waals surface area (Å²) < 4.78 is 5.65. The Balaban J connectivity index is 2.19. The predicted octanol–water partition coefficient (Wildman–Crippen LogP) is 5.01. The van der Waals surface area contributed by atoms with Gasteiger partial charge >= 0.3 is 0 Å². The fraction of sp³-hybridized carbons (Fsp3) is 0.391. The van der Waals surface area contributed by atoms with Gasteiger partial charge in [-0.3, -0.25) is 9.59 Å². The highest BCUT2D eigenvalue weighted by molar-refractivity contribution is 6.42. The predicted molar refractivity (Wildman–Crippen MR) is 121 cm³/mol. The number of benzene rings is 2. The molecule has 0 heterocycles. The van der Waals surface area contributed by atoms with Gasteiger partial charge in [0.2, 0.25) is 5.91 Å². The molecule has 0 aromatic heterocycles. The number of carbonyl (C=O) groups excluding carboxylic acids is 2.